The maximum Gasteiger partial charge on any atom is 0 e. The van der Waals surface area contributed by atoms with Gasteiger partial charge in [0.25, 0.3) is 0 Å². The molecule has 10 heavy (non-hydrogen) atoms. The Morgan fingerprint density at radius 2 is 0.500 bits per heavy atom. The Bertz CT molecular complexity index is 167. The van der Waals surface area contributed by atoms with Crippen LogP contribution in [0.4, 0.5) is 0 Å². The van der Waals surface area contributed by atoms with Crippen molar-refractivity contribution in [2.24, 2.45) is 59.2 Å². The Morgan fingerprint density at radius 3 is 0.600 bits per heavy atom. The third kappa shape index (κ3) is 0.109. The summed E-state index contributed by atoms with van der Waals surface area (Å²) in [6.45, 7) is 0. The van der Waals surface area contributed by atoms with Gasteiger partial charge in [-0.25, -0.2) is 0 Å². The van der Waals surface area contributed by atoms with Crippen LogP contribution in [0, 0.1) is 59.2 Å². The van der Waals surface area contributed by atoms with Gasteiger partial charge in [0.05, 0.1) is 0 Å². The summed E-state index contributed by atoms with van der Waals surface area (Å²) in [6.07, 6.45) is 0. The lowest BCUT2D eigenvalue weighted by atomic mass is 9.39. The van der Waals surface area contributed by atoms with Gasteiger partial charge in [0.1, 0.15) is 0 Å². The maximum absolute atomic E-state index is 5.00. The van der Waals surface area contributed by atoms with Gasteiger partial charge >= 0.3 is 0 Å². The Morgan fingerprint density at radius 1 is 0.400 bits per heavy atom. The van der Waals surface area contributed by atoms with Gasteiger partial charge in [-0.2, -0.15) is 0 Å². The molecule has 5 aliphatic rings. The van der Waals surface area contributed by atoms with Crippen LogP contribution in [-0.4, -0.2) is 0 Å². The topological polar surface area (TPSA) is 0 Å². The minimum absolute atomic E-state index is 1.33. The lowest BCUT2D eigenvalue weighted by Crippen LogP contribution is -2.62. The summed E-state index contributed by atoms with van der Waals surface area (Å²) in [7, 11) is 0. The second-order valence-electron chi connectivity index (χ2n) is 5.77. The number of rotatable bonds is 0. The van der Waals surface area contributed by atoms with Crippen molar-refractivity contribution in [1.29, 1.82) is 0 Å². The predicted octanol–water partition coefficient (Wildman–Crippen LogP) is 2.46. The molecular weight excluding hydrogens is 120 g/mol. The third-order valence-electron chi connectivity index (χ3n) is 6.67. The average molecular weight is 160 g/mol. The van der Waals surface area contributed by atoms with Gasteiger partial charge in [-0.1, -0.05) is 0 Å². The lowest BCUT2D eigenvalue weighted by molar-refractivity contribution is -0.183. The van der Waals surface area contributed by atoms with Crippen molar-refractivity contribution in [3.8, 4) is 0 Å². The van der Waals surface area contributed by atoms with Gasteiger partial charge in [-0.15, -0.1) is 0 Å². The second-order valence-corrected chi connectivity index (χ2v) is 5.77. The van der Waals surface area contributed by atoms with E-state index in [1.54, 1.807) is 0 Å². The molecule has 0 unspecified atom stereocenters. The van der Waals surface area contributed by atoms with Crippen molar-refractivity contribution in [3.05, 3.63) is 0 Å². The fourth-order valence-electron chi connectivity index (χ4n) is 6.97. The molecule has 5 saturated carbocycles. The summed E-state index contributed by atoms with van der Waals surface area (Å²) in [5, 5.41) is 0. The first-order valence-corrected chi connectivity index (χ1v) is 5.00. The van der Waals surface area contributed by atoms with Crippen molar-refractivity contribution in [3.63, 3.8) is 0 Å². The van der Waals surface area contributed by atoms with Crippen LogP contribution in [0.2, 0.25) is 0 Å². The highest BCUT2D eigenvalue weighted by Crippen LogP contribution is 3.01. The van der Waals surface area contributed by atoms with Crippen molar-refractivity contribution in [1.82, 2.24) is 0 Å². The molecule has 5 fully saturated rings. The Balaban J connectivity index is 0.000000178. The monoisotopic (exact) mass is 160 g/mol. The van der Waals surface area contributed by atoms with Crippen LogP contribution >= 0.6 is 0 Å². The van der Waals surface area contributed by atoms with E-state index < -0.39 is 0 Å². The fraction of sp³-hybridized carbons (Fsp3) is 1.00. The van der Waals surface area contributed by atoms with Crippen molar-refractivity contribution in [2.45, 2.75) is 0 Å². The van der Waals surface area contributed by atoms with Crippen molar-refractivity contribution >= 4 is 0 Å². The summed E-state index contributed by atoms with van der Waals surface area (Å²) in [6, 6.07) is 0. The SMILES string of the molecule is C12C3C4C1C1C2C2C3C4C12.[3H][3H].[3H][3H].[3H][3H].[3H][3H].[3H][3H]. The van der Waals surface area contributed by atoms with E-state index in [-0.39, 0.29) is 0 Å². The molecule has 0 saturated heterocycles. The first-order valence-electron chi connectivity index (χ1n) is 10.0. The molecule has 0 spiro atoms. The first-order chi connectivity index (χ1) is 10.0. The molecule has 60 valence electrons. The molecular formula is C10H20. The van der Waals surface area contributed by atoms with E-state index in [2.05, 4.69) is 0 Å². The molecule has 0 radical (unpaired) electrons. The first kappa shape index (κ1) is 2.02. The van der Waals surface area contributed by atoms with Gasteiger partial charge in [0.2, 0.25) is 0 Å². The predicted molar refractivity (Wildman–Crippen MR) is 45.5 cm³/mol. The highest BCUT2D eigenvalue weighted by Gasteiger charge is 2.97. The van der Waals surface area contributed by atoms with E-state index in [1.165, 1.54) is 59.2 Å². The summed E-state index contributed by atoms with van der Waals surface area (Å²) >= 11 is 0. The molecule has 0 heterocycles. The van der Waals surface area contributed by atoms with Gasteiger partial charge in [0, 0.05) is 14.8 Å². The van der Waals surface area contributed by atoms with E-state index in [4.69, 9.17) is 14.8 Å². The largest absolute Gasteiger partial charge is 0.0312 e. The number of fused-ring (bicyclic) bond motifs is 15. The maximum atomic E-state index is 5.00. The minimum atomic E-state index is 1.33. The van der Waals surface area contributed by atoms with Gasteiger partial charge in [-0.05, 0) is 59.2 Å². The summed E-state index contributed by atoms with van der Waals surface area (Å²) in [5.41, 5.74) is 0. The highest BCUT2D eigenvalue weighted by molar-refractivity contribution is 5.44. The standard InChI is InChI=1S/C10H10.5H2/c1-2-5-3(1)7-8-4(1)6(2)10(8)9(5)7;;;;;/h1-10H;5*1H/i;5*1+2T. The van der Waals surface area contributed by atoms with Crippen LogP contribution in [0.15, 0.2) is 0 Å². The zero-order chi connectivity index (χ0) is 15.8. The summed E-state index contributed by atoms with van der Waals surface area (Å²) < 4.78 is 50.0. The van der Waals surface area contributed by atoms with Gasteiger partial charge < -0.3 is 0 Å². The van der Waals surface area contributed by atoms with Crippen LogP contribution in [-0.2, 0) is 0 Å². The third-order valence-corrected chi connectivity index (χ3v) is 6.67. The second kappa shape index (κ2) is 0.640. The average Bonchev–Trinajstić information content (AvgIpc) is 3.10. The molecule has 0 aromatic carbocycles. The Hall–Kier alpha value is 0. The van der Waals surface area contributed by atoms with Crippen LogP contribution in [0.1, 0.15) is 14.8 Å². The van der Waals surface area contributed by atoms with Crippen molar-refractivity contribution in [2.75, 3.05) is 0 Å². The molecule has 0 aliphatic heterocycles. The van der Waals surface area contributed by atoms with Crippen LogP contribution in [0.25, 0.3) is 0 Å². The smallest absolute Gasteiger partial charge is 0 e. The quantitative estimate of drug-likeness (QED) is 0.478. The summed E-state index contributed by atoms with van der Waals surface area (Å²) in [4.78, 5) is 0. The molecule has 5 rings (SSSR count). The van der Waals surface area contributed by atoms with E-state index in [9.17, 15) is 0 Å². The van der Waals surface area contributed by atoms with E-state index in [0.717, 1.165) is 0 Å². The molecule has 0 N–H and O–H groups in total. The zero-order valence-corrected chi connectivity index (χ0v) is 5.77. The van der Waals surface area contributed by atoms with E-state index in [1.807, 2.05) is 0 Å². The molecule has 0 aromatic heterocycles. The lowest BCUT2D eigenvalue weighted by Gasteiger charge is -2.65. The van der Waals surface area contributed by atoms with Gasteiger partial charge in [0.15, 0.2) is 0 Å². The Kier molecular flexibility index (Phi) is 0.130. The molecule has 0 atom stereocenters. The minimum Gasteiger partial charge on any atom is -0.0312 e. The zero-order valence-electron chi connectivity index (χ0n) is 15.8. The molecule has 5 aliphatic carbocycles. The number of hydrogen-bond donors (Lipinski definition) is 0. The molecule has 0 bridgehead atoms. The van der Waals surface area contributed by atoms with Crippen LogP contribution in [0.5, 0.6) is 0 Å². The Labute approximate surface area is 75.4 Å². The van der Waals surface area contributed by atoms with Gasteiger partial charge in [-0.3, -0.25) is 0 Å². The van der Waals surface area contributed by atoms with E-state index in [0.29, 0.717) is 0 Å². The summed E-state index contributed by atoms with van der Waals surface area (Å²) in [5.74, 6) is 13.3. The molecule has 0 amide bonds. The van der Waals surface area contributed by atoms with Crippen molar-refractivity contribution < 1.29 is 14.8 Å². The highest BCUT2D eigenvalue weighted by atomic mass is 15.0. The van der Waals surface area contributed by atoms with E-state index >= 15 is 0 Å². The van der Waals surface area contributed by atoms with Crippen LogP contribution in [0.3, 0.4) is 0 Å². The van der Waals surface area contributed by atoms with Crippen LogP contribution < -0.4 is 0 Å². The molecule has 0 heteroatoms. The fourth-order valence-corrected chi connectivity index (χ4v) is 6.97. The molecule has 0 nitrogen and oxygen atoms in total. The molecule has 0 aromatic rings. The normalized spacial score (nSPS) is 112. The number of hydrogen-bond acceptors (Lipinski definition) is 0.